The summed E-state index contributed by atoms with van der Waals surface area (Å²) < 4.78 is 1.72. The van der Waals surface area contributed by atoms with E-state index in [-0.39, 0.29) is 18.4 Å². The van der Waals surface area contributed by atoms with Gasteiger partial charge in [0.25, 0.3) is 11.8 Å². The number of fused-ring (bicyclic) bond motifs is 1. The van der Waals surface area contributed by atoms with Gasteiger partial charge in [-0.3, -0.25) is 14.5 Å². The molecule has 0 bridgehead atoms. The third kappa shape index (κ3) is 2.28. The van der Waals surface area contributed by atoms with E-state index in [4.69, 9.17) is 0 Å². The average molecular weight is 318 g/mol. The van der Waals surface area contributed by atoms with Crippen molar-refractivity contribution in [1.82, 2.24) is 19.7 Å². The van der Waals surface area contributed by atoms with E-state index in [1.54, 1.807) is 28.9 Å². The Hall–Kier alpha value is -3.28. The predicted molar refractivity (Wildman–Crippen MR) is 86.9 cm³/mol. The molecule has 1 aliphatic rings. The zero-order valence-electron chi connectivity index (χ0n) is 12.8. The maximum atomic E-state index is 12.4. The van der Waals surface area contributed by atoms with Crippen molar-refractivity contribution in [2.75, 3.05) is 6.54 Å². The highest BCUT2D eigenvalue weighted by molar-refractivity contribution is 6.21. The quantitative estimate of drug-likeness (QED) is 0.691. The Labute approximate surface area is 138 Å². The summed E-state index contributed by atoms with van der Waals surface area (Å²) in [4.78, 5) is 30.3. The summed E-state index contributed by atoms with van der Waals surface area (Å²) in [5.41, 5.74) is 1.83. The number of hydrogen-bond acceptors (Lipinski definition) is 4. The van der Waals surface area contributed by atoms with E-state index < -0.39 is 0 Å². The summed E-state index contributed by atoms with van der Waals surface area (Å²) in [6.07, 6.45) is 1.92. The highest BCUT2D eigenvalue weighted by Crippen LogP contribution is 2.22. The van der Waals surface area contributed by atoms with Crippen LogP contribution in [0.2, 0.25) is 0 Å². The van der Waals surface area contributed by atoms with Gasteiger partial charge in [0.2, 0.25) is 0 Å². The first-order valence-electron chi connectivity index (χ1n) is 7.65. The lowest BCUT2D eigenvalue weighted by atomic mass is 10.1. The summed E-state index contributed by atoms with van der Waals surface area (Å²) in [6.45, 7) is 0.276. The molecule has 4 rings (SSSR count). The molecule has 2 aromatic carbocycles. The molecule has 0 saturated carbocycles. The standard InChI is InChI=1S/C18H14N4O2/c23-17-14-8-4-5-9-15(14)18(24)21(17)11-10-16-19-12-20-22(16)13-6-2-1-3-7-13/h1-9,12H,10-11H2. The first-order chi connectivity index (χ1) is 11.8. The molecule has 0 spiro atoms. The molecule has 0 atom stereocenters. The second-order valence-corrected chi connectivity index (χ2v) is 5.48. The number of rotatable bonds is 4. The minimum Gasteiger partial charge on any atom is -0.274 e. The molecule has 0 saturated heterocycles. The number of nitrogens with zero attached hydrogens (tertiary/aromatic N) is 4. The van der Waals surface area contributed by atoms with E-state index in [0.29, 0.717) is 23.4 Å². The maximum Gasteiger partial charge on any atom is 0.261 e. The molecule has 24 heavy (non-hydrogen) atoms. The van der Waals surface area contributed by atoms with Crippen LogP contribution in [0.15, 0.2) is 60.9 Å². The molecule has 2 amide bonds. The van der Waals surface area contributed by atoms with Crippen LogP contribution in [0.1, 0.15) is 26.5 Å². The zero-order chi connectivity index (χ0) is 16.5. The molecule has 0 radical (unpaired) electrons. The summed E-state index contributed by atoms with van der Waals surface area (Å²) in [5, 5.41) is 4.23. The van der Waals surface area contributed by atoms with Crippen LogP contribution < -0.4 is 0 Å². The van der Waals surface area contributed by atoms with Crippen LogP contribution in [-0.4, -0.2) is 38.0 Å². The van der Waals surface area contributed by atoms with E-state index in [1.807, 2.05) is 30.3 Å². The van der Waals surface area contributed by atoms with E-state index in [2.05, 4.69) is 10.1 Å². The third-order valence-corrected chi connectivity index (χ3v) is 4.06. The van der Waals surface area contributed by atoms with E-state index in [0.717, 1.165) is 5.69 Å². The lowest BCUT2D eigenvalue weighted by Crippen LogP contribution is -2.32. The number of aromatic nitrogens is 3. The van der Waals surface area contributed by atoms with Crippen molar-refractivity contribution in [3.63, 3.8) is 0 Å². The molecule has 0 fully saturated rings. The summed E-state index contributed by atoms with van der Waals surface area (Å²) in [6, 6.07) is 16.5. The number of imide groups is 1. The monoisotopic (exact) mass is 318 g/mol. The Bertz CT molecular complexity index is 883. The van der Waals surface area contributed by atoms with Gasteiger partial charge < -0.3 is 0 Å². The zero-order valence-corrected chi connectivity index (χ0v) is 12.8. The second kappa shape index (κ2) is 5.73. The normalized spacial score (nSPS) is 13.4. The molecule has 0 aliphatic carbocycles. The van der Waals surface area contributed by atoms with Gasteiger partial charge in [0.1, 0.15) is 12.2 Å². The van der Waals surface area contributed by atoms with Gasteiger partial charge in [0.15, 0.2) is 0 Å². The molecular formula is C18H14N4O2. The van der Waals surface area contributed by atoms with Crippen molar-refractivity contribution >= 4 is 11.8 Å². The van der Waals surface area contributed by atoms with Crippen molar-refractivity contribution in [3.05, 3.63) is 77.9 Å². The summed E-state index contributed by atoms with van der Waals surface area (Å²) in [7, 11) is 0. The largest absolute Gasteiger partial charge is 0.274 e. The molecule has 1 aromatic heterocycles. The first-order valence-corrected chi connectivity index (χ1v) is 7.65. The van der Waals surface area contributed by atoms with E-state index >= 15 is 0 Å². The van der Waals surface area contributed by atoms with Crippen molar-refractivity contribution < 1.29 is 9.59 Å². The molecule has 0 N–H and O–H groups in total. The van der Waals surface area contributed by atoms with Gasteiger partial charge in [0.05, 0.1) is 16.8 Å². The summed E-state index contributed by atoms with van der Waals surface area (Å²) in [5.74, 6) is 0.209. The lowest BCUT2D eigenvalue weighted by Gasteiger charge is -2.13. The van der Waals surface area contributed by atoms with Crippen LogP contribution in [0.5, 0.6) is 0 Å². The molecule has 118 valence electrons. The van der Waals surface area contributed by atoms with Crippen molar-refractivity contribution in [1.29, 1.82) is 0 Å². The van der Waals surface area contributed by atoms with Gasteiger partial charge in [0, 0.05) is 13.0 Å². The highest BCUT2D eigenvalue weighted by Gasteiger charge is 2.34. The van der Waals surface area contributed by atoms with Crippen LogP contribution in [-0.2, 0) is 6.42 Å². The SMILES string of the molecule is O=C1c2ccccc2C(=O)N1CCc1ncnn1-c1ccccc1. The van der Waals surface area contributed by atoms with Crippen molar-refractivity contribution in [2.45, 2.75) is 6.42 Å². The fraction of sp³-hybridized carbons (Fsp3) is 0.111. The number of carbonyl (C=O) groups excluding carboxylic acids is 2. The molecule has 2 heterocycles. The minimum absolute atomic E-state index is 0.249. The van der Waals surface area contributed by atoms with Crippen LogP contribution >= 0.6 is 0 Å². The fourth-order valence-electron chi connectivity index (χ4n) is 2.87. The number of carbonyl (C=O) groups is 2. The number of benzene rings is 2. The molecule has 6 heteroatoms. The lowest BCUT2D eigenvalue weighted by molar-refractivity contribution is 0.0655. The Morgan fingerprint density at radius 3 is 2.12 bits per heavy atom. The van der Waals surface area contributed by atoms with Crippen LogP contribution in [0.25, 0.3) is 5.69 Å². The van der Waals surface area contributed by atoms with Crippen LogP contribution in [0.4, 0.5) is 0 Å². The van der Waals surface area contributed by atoms with Crippen LogP contribution in [0.3, 0.4) is 0 Å². The highest BCUT2D eigenvalue weighted by atomic mass is 16.2. The third-order valence-electron chi connectivity index (χ3n) is 4.06. The number of hydrogen-bond donors (Lipinski definition) is 0. The van der Waals surface area contributed by atoms with Crippen molar-refractivity contribution in [2.24, 2.45) is 0 Å². The minimum atomic E-state index is -0.249. The van der Waals surface area contributed by atoms with E-state index in [1.165, 1.54) is 11.2 Å². The Morgan fingerprint density at radius 2 is 1.46 bits per heavy atom. The first kappa shape index (κ1) is 14.3. The molecular weight excluding hydrogens is 304 g/mol. The Kier molecular flexibility index (Phi) is 3.42. The van der Waals surface area contributed by atoms with Gasteiger partial charge in [-0.2, -0.15) is 5.10 Å². The topological polar surface area (TPSA) is 68.1 Å². The number of amides is 2. The van der Waals surface area contributed by atoms with Gasteiger partial charge in [-0.05, 0) is 24.3 Å². The summed E-state index contributed by atoms with van der Waals surface area (Å²) >= 11 is 0. The Morgan fingerprint density at radius 1 is 0.833 bits per heavy atom. The van der Waals surface area contributed by atoms with E-state index in [9.17, 15) is 9.59 Å². The smallest absolute Gasteiger partial charge is 0.261 e. The molecule has 6 nitrogen and oxygen atoms in total. The second-order valence-electron chi connectivity index (χ2n) is 5.48. The van der Waals surface area contributed by atoms with Gasteiger partial charge in [-0.1, -0.05) is 30.3 Å². The molecule has 3 aromatic rings. The van der Waals surface area contributed by atoms with Gasteiger partial charge >= 0.3 is 0 Å². The van der Waals surface area contributed by atoms with Gasteiger partial charge in [-0.25, -0.2) is 9.67 Å². The predicted octanol–water partition coefficient (Wildman–Crippen LogP) is 2.11. The van der Waals surface area contributed by atoms with Gasteiger partial charge in [-0.15, -0.1) is 0 Å². The average Bonchev–Trinajstić information content (AvgIpc) is 3.19. The fourth-order valence-corrected chi connectivity index (χ4v) is 2.87. The van der Waals surface area contributed by atoms with Crippen molar-refractivity contribution in [3.8, 4) is 5.69 Å². The Balaban J connectivity index is 1.55. The maximum absolute atomic E-state index is 12.4. The molecule has 0 unspecified atom stereocenters. The molecule has 1 aliphatic heterocycles. The van der Waals surface area contributed by atoms with Crippen LogP contribution in [0, 0.1) is 0 Å². The number of para-hydroxylation sites is 1.